The summed E-state index contributed by atoms with van der Waals surface area (Å²) >= 11 is 11.0. The smallest absolute Gasteiger partial charge is 0.183 e. The number of nitrogens with one attached hydrogen (secondary N) is 1. The van der Waals surface area contributed by atoms with Gasteiger partial charge in [-0.1, -0.05) is 11.6 Å². The van der Waals surface area contributed by atoms with E-state index in [1.165, 1.54) is 5.69 Å². The number of hydrazine groups is 1. The van der Waals surface area contributed by atoms with E-state index in [2.05, 4.69) is 15.2 Å². The number of rotatable bonds is 1. The van der Waals surface area contributed by atoms with Crippen LogP contribution in [0.5, 0.6) is 0 Å². The molecule has 1 aromatic rings. The summed E-state index contributed by atoms with van der Waals surface area (Å²) in [6, 6.07) is 7.90. The van der Waals surface area contributed by atoms with Crippen LogP contribution in [-0.2, 0) is 0 Å². The van der Waals surface area contributed by atoms with Crippen molar-refractivity contribution in [3.05, 3.63) is 29.3 Å². The van der Waals surface area contributed by atoms with Gasteiger partial charge in [-0.3, -0.25) is 0 Å². The molecule has 6 heteroatoms. The highest BCUT2D eigenvalue weighted by Gasteiger charge is 2.18. The zero-order valence-electron chi connectivity index (χ0n) is 9.40. The number of hydrogen-bond acceptors (Lipinski definition) is 3. The van der Waals surface area contributed by atoms with E-state index in [1.807, 2.05) is 24.3 Å². The van der Waals surface area contributed by atoms with Crippen LogP contribution >= 0.6 is 23.8 Å². The number of hydrogen-bond donors (Lipinski definition) is 2. The summed E-state index contributed by atoms with van der Waals surface area (Å²) in [7, 11) is 0. The zero-order chi connectivity index (χ0) is 12.3. The highest BCUT2D eigenvalue weighted by molar-refractivity contribution is 7.80. The lowest BCUT2D eigenvalue weighted by molar-refractivity contribution is 0.381. The molecule has 1 heterocycles. The highest BCUT2D eigenvalue weighted by Crippen LogP contribution is 2.19. The Labute approximate surface area is 111 Å². The molecule has 2 rings (SSSR count). The first-order chi connectivity index (χ1) is 8.20. The van der Waals surface area contributed by atoms with Gasteiger partial charge < -0.3 is 15.2 Å². The lowest BCUT2D eigenvalue weighted by Crippen LogP contribution is -2.53. The van der Waals surface area contributed by atoms with Crippen LogP contribution in [0.3, 0.4) is 0 Å². The minimum absolute atomic E-state index is 0.612. The minimum atomic E-state index is 0.612. The molecular formula is C11H15ClN4S. The fourth-order valence-corrected chi connectivity index (χ4v) is 2.22. The summed E-state index contributed by atoms with van der Waals surface area (Å²) in [4.78, 5) is 4.38. The maximum atomic E-state index is 5.87. The van der Waals surface area contributed by atoms with Gasteiger partial charge in [0, 0.05) is 36.9 Å². The normalized spacial score (nSPS) is 15.9. The van der Waals surface area contributed by atoms with Crippen LogP contribution in [0.2, 0.25) is 5.02 Å². The maximum Gasteiger partial charge on any atom is 0.183 e. The molecule has 0 bridgehead atoms. The maximum absolute atomic E-state index is 5.87. The molecule has 0 aliphatic carbocycles. The van der Waals surface area contributed by atoms with Crippen molar-refractivity contribution in [2.75, 3.05) is 31.1 Å². The van der Waals surface area contributed by atoms with Gasteiger partial charge in [0.1, 0.15) is 0 Å². The second-order valence-corrected chi connectivity index (χ2v) is 4.72. The Morgan fingerprint density at radius 2 is 1.76 bits per heavy atom. The molecule has 1 aliphatic heterocycles. The van der Waals surface area contributed by atoms with Gasteiger partial charge in [0.2, 0.25) is 0 Å². The molecule has 0 unspecified atom stereocenters. The fourth-order valence-electron chi connectivity index (χ4n) is 1.91. The summed E-state index contributed by atoms with van der Waals surface area (Å²) in [6.45, 7) is 3.63. The molecule has 0 saturated carbocycles. The Morgan fingerprint density at radius 3 is 2.29 bits per heavy atom. The average Bonchev–Trinajstić information content (AvgIpc) is 2.39. The quantitative estimate of drug-likeness (QED) is 0.456. The van der Waals surface area contributed by atoms with Crippen LogP contribution in [0.1, 0.15) is 0 Å². The van der Waals surface area contributed by atoms with Crippen LogP contribution in [0.15, 0.2) is 24.3 Å². The molecular weight excluding hydrogens is 256 g/mol. The lowest BCUT2D eigenvalue weighted by atomic mass is 10.2. The molecule has 1 fully saturated rings. The minimum Gasteiger partial charge on any atom is -0.368 e. The second-order valence-electron chi connectivity index (χ2n) is 3.90. The molecule has 3 N–H and O–H groups in total. The molecule has 1 aromatic carbocycles. The molecule has 4 nitrogen and oxygen atoms in total. The number of piperazine rings is 1. The van der Waals surface area contributed by atoms with E-state index in [1.54, 1.807) is 0 Å². The SMILES string of the molecule is NNC(=S)N1CCN(c2ccc(Cl)cc2)CC1. The van der Waals surface area contributed by atoms with Crippen LogP contribution < -0.4 is 16.2 Å². The molecule has 1 aliphatic rings. The summed E-state index contributed by atoms with van der Waals surface area (Å²) in [6.07, 6.45) is 0. The van der Waals surface area contributed by atoms with Gasteiger partial charge in [-0.15, -0.1) is 0 Å². The van der Waals surface area contributed by atoms with Gasteiger partial charge in [0.05, 0.1) is 0 Å². The fraction of sp³-hybridized carbons (Fsp3) is 0.364. The van der Waals surface area contributed by atoms with Gasteiger partial charge in [0.25, 0.3) is 0 Å². The molecule has 0 radical (unpaired) electrons. The first-order valence-electron chi connectivity index (χ1n) is 5.47. The van der Waals surface area contributed by atoms with Crippen molar-refractivity contribution in [3.63, 3.8) is 0 Å². The van der Waals surface area contributed by atoms with E-state index in [0.29, 0.717) is 5.11 Å². The van der Waals surface area contributed by atoms with E-state index in [0.717, 1.165) is 31.2 Å². The van der Waals surface area contributed by atoms with Crippen molar-refractivity contribution in [2.24, 2.45) is 5.84 Å². The Hall–Kier alpha value is -1.04. The van der Waals surface area contributed by atoms with E-state index in [-0.39, 0.29) is 0 Å². The molecule has 92 valence electrons. The topological polar surface area (TPSA) is 44.5 Å². The molecule has 0 atom stereocenters. The molecule has 17 heavy (non-hydrogen) atoms. The number of anilines is 1. The number of halogens is 1. The van der Waals surface area contributed by atoms with E-state index < -0.39 is 0 Å². The number of thiocarbonyl (C=S) groups is 1. The third kappa shape index (κ3) is 3.00. The third-order valence-corrected chi connectivity index (χ3v) is 3.51. The number of benzene rings is 1. The Morgan fingerprint density at radius 1 is 1.18 bits per heavy atom. The number of nitrogens with two attached hydrogens (primary N) is 1. The van der Waals surface area contributed by atoms with Crippen LogP contribution in [0.4, 0.5) is 5.69 Å². The van der Waals surface area contributed by atoms with Crippen molar-refractivity contribution < 1.29 is 0 Å². The second kappa shape index (κ2) is 5.53. The third-order valence-electron chi connectivity index (χ3n) is 2.88. The zero-order valence-corrected chi connectivity index (χ0v) is 11.0. The number of nitrogens with zero attached hydrogens (tertiary/aromatic N) is 2. The van der Waals surface area contributed by atoms with Gasteiger partial charge in [0.15, 0.2) is 5.11 Å². The predicted molar refractivity (Wildman–Crippen MR) is 75.2 cm³/mol. The van der Waals surface area contributed by atoms with Gasteiger partial charge in [-0.25, -0.2) is 5.84 Å². The van der Waals surface area contributed by atoms with Crippen molar-refractivity contribution >= 4 is 34.6 Å². The predicted octanol–water partition coefficient (Wildman–Crippen LogP) is 1.21. The van der Waals surface area contributed by atoms with Crippen molar-refractivity contribution in [1.82, 2.24) is 10.3 Å². The van der Waals surface area contributed by atoms with E-state index in [4.69, 9.17) is 29.7 Å². The van der Waals surface area contributed by atoms with E-state index in [9.17, 15) is 0 Å². The van der Waals surface area contributed by atoms with Gasteiger partial charge in [-0.05, 0) is 36.5 Å². The molecule has 0 aromatic heterocycles. The van der Waals surface area contributed by atoms with E-state index >= 15 is 0 Å². The monoisotopic (exact) mass is 270 g/mol. The first kappa shape index (κ1) is 12.4. The van der Waals surface area contributed by atoms with Crippen LogP contribution in [-0.4, -0.2) is 36.2 Å². The van der Waals surface area contributed by atoms with Crippen molar-refractivity contribution in [3.8, 4) is 0 Å². The Kier molecular flexibility index (Phi) is 4.04. The highest BCUT2D eigenvalue weighted by atomic mass is 35.5. The summed E-state index contributed by atoms with van der Waals surface area (Å²) in [5.41, 5.74) is 3.71. The van der Waals surface area contributed by atoms with Crippen LogP contribution in [0, 0.1) is 0 Å². The van der Waals surface area contributed by atoms with Crippen molar-refractivity contribution in [2.45, 2.75) is 0 Å². The first-order valence-corrected chi connectivity index (χ1v) is 6.25. The summed E-state index contributed by atoms with van der Waals surface area (Å²) in [5, 5.41) is 1.38. The molecule has 0 amide bonds. The Bertz CT molecular complexity index is 387. The Balaban J connectivity index is 1.95. The lowest BCUT2D eigenvalue weighted by Gasteiger charge is -2.37. The standard InChI is InChI=1S/C11H15ClN4S/c12-9-1-3-10(4-2-9)15-5-7-16(8-6-15)11(17)14-13/h1-4H,5-8,13H2,(H,14,17). The van der Waals surface area contributed by atoms with Crippen molar-refractivity contribution in [1.29, 1.82) is 0 Å². The summed E-state index contributed by atoms with van der Waals surface area (Å²) in [5.74, 6) is 5.30. The largest absolute Gasteiger partial charge is 0.368 e. The molecule has 1 saturated heterocycles. The molecule has 0 spiro atoms. The average molecular weight is 271 g/mol. The summed E-state index contributed by atoms with van der Waals surface area (Å²) < 4.78 is 0. The van der Waals surface area contributed by atoms with Crippen LogP contribution in [0.25, 0.3) is 0 Å². The van der Waals surface area contributed by atoms with Gasteiger partial charge >= 0.3 is 0 Å². The van der Waals surface area contributed by atoms with Gasteiger partial charge in [-0.2, -0.15) is 0 Å².